The monoisotopic (exact) mass is 425 g/mol. The predicted molar refractivity (Wildman–Crippen MR) is 123 cm³/mol. The van der Waals surface area contributed by atoms with Gasteiger partial charge in [-0.3, -0.25) is 4.90 Å². The van der Waals surface area contributed by atoms with Crippen molar-refractivity contribution in [3.63, 3.8) is 0 Å². The smallest absolute Gasteiger partial charge is 0.337 e. The van der Waals surface area contributed by atoms with Gasteiger partial charge in [0.05, 0.1) is 18.7 Å². The summed E-state index contributed by atoms with van der Waals surface area (Å²) in [4.78, 5) is 16.9. The van der Waals surface area contributed by atoms with Crippen molar-refractivity contribution in [1.82, 2.24) is 9.80 Å². The molecule has 5 nitrogen and oxygen atoms in total. The second-order valence-corrected chi connectivity index (χ2v) is 9.59. The van der Waals surface area contributed by atoms with Crippen LogP contribution >= 0.6 is 12.2 Å². The van der Waals surface area contributed by atoms with E-state index in [2.05, 4.69) is 21.2 Å². The average Bonchev–Trinajstić information content (AvgIpc) is 2.78. The number of hydrogen-bond acceptors (Lipinski definition) is 4. The molecule has 0 amide bonds. The summed E-state index contributed by atoms with van der Waals surface area (Å²) >= 11 is 5.88. The zero-order valence-electron chi connectivity index (χ0n) is 17.7. The van der Waals surface area contributed by atoms with E-state index in [1.165, 1.54) is 58.7 Å². The number of fused-ring (bicyclic) bond motifs is 6. The molecule has 2 bridgehead atoms. The Balaban J connectivity index is 1.33. The largest absolute Gasteiger partial charge is 0.465 e. The Morgan fingerprint density at radius 2 is 2.00 bits per heavy atom. The van der Waals surface area contributed by atoms with Gasteiger partial charge in [-0.25, -0.2) is 4.79 Å². The van der Waals surface area contributed by atoms with Gasteiger partial charge in [-0.1, -0.05) is 18.1 Å². The van der Waals surface area contributed by atoms with Crippen molar-refractivity contribution < 1.29 is 9.53 Å². The molecule has 30 heavy (non-hydrogen) atoms. The van der Waals surface area contributed by atoms with Crippen LogP contribution in [0.15, 0.2) is 35.9 Å². The van der Waals surface area contributed by atoms with Crippen LogP contribution in [0.25, 0.3) is 0 Å². The highest BCUT2D eigenvalue weighted by molar-refractivity contribution is 7.80. The van der Waals surface area contributed by atoms with E-state index < -0.39 is 0 Å². The maximum Gasteiger partial charge on any atom is 0.337 e. The van der Waals surface area contributed by atoms with Crippen molar-refractivity contribution in [3.05, 3.63) is 41.5 Å². The van der Waals surface area contributed by atoms with E-state index in [0.29, 0.717) is 17.5 Å². The molecule has 160 valence electrons. The molecule has 4 aliphatic rings. The molecule has 0 spiro atoms. The Bertz CT molecular complexity index is 853. The van der Waals surface area contributed by atoms with E-state index in [1.54, 1.807) is 17.7 Å². The second kappa shape index (κ2) is 8.31. The number of carbonyl (C=O) groups excluding carboxylic acids is 1. The van der Waals surface area contributed by atoms with E-state index >= 15 is 0 Å². The lowest BCUT2D eigenvalue weighted by Gasteiger charge is -2.55. The van der Waals surface area contributed by atoms with Gasteiger partial charge in [-0.05, 0) is 87.0 Å². The third-order valence-electron chi connectivity index (χ3n) is 7.48. The molecule has 3 heterocycles. The van der Waals surface area contributed by atoms with Crippen molar-refractivity contribution in [2.24, 2.45) is 11.8 Å². The van der Waals surface area contributed by atoms with Crippen molar-refractivity contribution in [1.29, 1.82) is 0 Å². The number of likely N-dealkylation sites (tertiary alicyclic amines) is 1. The first-order valence-corrected chi connectivity index (χ1v) is 11.8. The summed E-state index contributed by atoms with van der Waals surface area (Å²) in [5.41, 5.74) is 3.09. The van der Waals surface area contributed by atoms with Crippen molar-refractivity contribution >= 4 is 29.0 Å². The Morgan fingerprint density at radius 1 is 1.17 bits per heavy atom. The summed E-state index contributed by atoms with van der Waals surface area (Å²) in [6.07, 6.45) is 10.4. The van der Waals surface area contributed by atoms with Gasteiger partial charge in [0.2, 0.25) is 0 Å². The van der Waals surface area contributed by atoms with Gasteiger partial charge in [-0.2, -0.15) is 0 Å². The molecule has 1 aromatic carbocycles. The fourth-order valence-electron chi connectivity index (χ4n) is 6.20. The molecule has 0 saturated carbocycles. The van der Waals surface area contributed by atoms with Crippen LogP contribution in [0.5, 0.6) is 0 Å². The summed E-state index contributed by atoms with van der Waals surface area (Å²) in [5, 5.41) is 4.22. The zero-order valence-corrected chi connectivity index (χ0v) is 18.5. The van der Waals surface area contributed by atoms with E-state index in [0.717, 1.165) is 29.3 Å². The topological polar surface area (TPSA) is 44.8 Å². The van der Waals surface area contributed by atoms with Crippen molar-refractivity contribution in [3.8, 4) is 0 Å². The highest BCUT2D eigenvalue weighted by Gasteiger charge is 2.46. The standard InChI is InChI=1S/C24H31N3O2S/c1-29-23(28)16-7-9-20(10-8-16)25-24(30)27-12-4-5-17-13-18-14-19(22(17)27)15-26-11-3-2-6-21(18)26/h7-10,13,18-19,21-22H,2-6,11-12,14-15H2,1H3,(H,25,30)/t18-,19-,21-,22-/m1/s1. The fraction of sp³-hybridized carbons (Fsp3) is 0.583. The van der Waals surface area contributed by atoms with Crippen LogP contribution in [0.1, 0.15) is 48.9 Å². The van der Waals surface area contributed by atoms with Gasteiger partial charge in [0.1, 0.15) is 0 Å². The molecule has 0 radical (unpaired) electrons. The number of carbonyl (C=O) groups is 1. The number of methoxy groups -OCH3 is 1. The van der Waals surface area contributed by atoms with Crippen molar-refractivity contribution in [2.45, 2.75) is 50.6 Å². The summed E-state index contributed by atoms with van der Waals surface area (Å²) in [7, 11) is 1.40. The molecule has 0 aromatic heterocycles. The van der Waals surface area contributed by atoms with Crippen LogP contribution in [0, 0.1) is 11.8 Å². The number of ether oxygens (including phenoxy) is 1. The number of rotatable bonds is 2. The molecule has 3 saturated heterocycles. The molecule has 0 unspecified atom stereocenters. The number of hydrogen-bond donors (Lipinski definition) is 1. The van der Waals surface area contributed by atoms with Crippen LogP contribution in [-0.2, 0) is 4.74 Å². The minimum absolute atomic E-state index is 0.319. The zero-order chi connectivity index (χ0) is 20.7. The Labute approximate surface area is 184 Å². The van der Waals surface area contributed by atoms with E-state index in [4.69, 9.17) is 17.0 Å². The molecule has 3 aliphatic heterocycles. The maximum atomic E-state index is 11.7. The van der Waals surface area contributed by atoms with Crippen LogP contribution in [0.4, 0.5) is 5.69 Å². The molecule has 1 aliphatic carbocycles. The highest BCUT2D eigenvalue weighted by atomic mass is 32.1. The Morgan fingerprint density at radius 3 is 2.80 bits per heavy atom. The minimum Gasteiger partial charge on any atom is -0.465 e. The first-order valence-electron chi connectivity index (χ1n) is 11.3. The van der Waals surface area contributed by atoms with E-state index in [9.17, 15) is 4.79 Å². The third kappa shape index (κ3) is 3.65. The van der Waals surface area contributed by atoms with Crippen LogP contribution in [0.2, 0.25) is 0 Å². The highest BCUT2D eigenvalue weighted by Crippen LogP contribution is 2.45. The fourth-order valence-corrected chi connectivity index (χ4v) is 6.53. The minimum atomic E-state index is -0.319. The summed E-state index contributed by atoms with van der Waals surface area (Å²) in [6, 6.07) is 8.57. The number of nitrogens with one attached hydrogen (secondary N) is 1. The lowest BCUT2D eigenvalue weighted by molar-refractivity contribution is 0.0132. The Kier molecular flexibility index (Phi) is 5.54. The normalized spacial score (nSPS) is 30.6. The first kappa shape index (κ1) is 20.0. The van der Waals surface area contributed by atoms with Gasteiger partial charge in [0.25, 0.3) is 0 Å². The van der Waals surface area contributed by atoms with E-state index in [1.807, 2.05) is 12.1 Å². The number of piperidine rings is 3. The summed E-state index contributed by atoms with van der Waals surface area (Å²) < 4.78 is 4.78. The van der Waals surface area contributed by atoms with Gasteiger partial charge < -0.3 is 15.0 Å². The van der Waals surface area contributed by atoms with Gasteiger partial charge >= 0.3 is 5.97 Å². The number of esters is 1. The van der Waals surface area contributed by atoms with Crippen LogP contribution in [0.3, 0.4) is 0 Å². The molecule has 3 fully saturated rings. The summed E-state index contributed by atoms with van der Waals surface area (Å²) in [6.45, 7) is 3.50. The van der Waals surface area contributed by atoms with Gasteiger partial charge in [0, 0.05) is 24.8 Å². The molecule has 6 heteroatoms. The lowest BCUT2D eigenvalue weighted by atomic mass is 9.68. The van der Waals surface area contributed by atoms with Gasteiger partial charge in [-0.15, -0.1) is 0 Å². The predicted octanol–water partition coefficient (Wildman–Crippen LogP) is 4.07. The molecule has 1 N–H and O–H groups in total. The number of thiocarbonyl (C=S) groups is 1. The SMILES string of the molecule is COC(=O)c1ccc(NC(=S)N2CCCC3=C[C@@H]4C[C@H](CN5CCCC[C@H]45)[C@@H]32)cc1. The third-order valence-corrected chi connectivity index (χ3v) is 7.81. The second-order valence-electron chi connectivity index (χ2n) is 9.20. The van der Waals surface area contributed by atoms with Gasteiger partial charge in [0.15, 0.2) is 5.11 Å². The molecular weight excluding hydrogens is 394 g/mol. The number of nitrogens with zero attached hydrogens (tertiary/aromatic N) is 2. The maximum absolute atomic E-state index is 11.7. The quantitative estimate of drug-likeness (QED) is 0.438. The van der Waals surface area contributed by atoms with Crippen molar-refractivity contribution in [2.75, 3.05) is 32.1 Å². The van der Waals surface area contributed by atoms with Crippen LogP contribution in [-0.4, -0.2) is 59.7 Å². The van der Waals surface area contributed by atoms with Crippen LogP contribution < -0.4 is 5.32 Å². The Hall–Kier alpha value is -1.92. The van der Waals surface area contributed by atoms with E-state index in [-0.39, 0.29) is 5.97 Å². The lowest BCUT2D eigenvalue weighted by Crippen LogP contribution is -2.60. The molecule has 4 atom stereocenters. The number of anilines is 1. The molecule has 1 aromatic rings. The molecule has 5 rings (SSSR count). The average molecular weight is 426 g/mol. The molecular formula is C24H31N3O2S. The number of benzene rings is 1. The first-order chi connectivity index (χ1) is 14.6. The summed E-state index contributed by atoms with van der Waals surface area (Å²) in [5.74, 6) is 1.09.